The van der Waals surface area contributed by atoms with Gasteiger partial charge in [-0.05, 0) is 43.2 Å². The van der Waals surface area contributed by atoms with Crippen molar-refractivity contribution in [2.24, 2.45) is 11.8 Å². The highest BCUT2D eigenvalue weighted by Gasteiger charge is 2.30. The molecule has 1 aliphatic rings. The normalized spacial score (nSPS) is 21.5. The minimum Gasteiger partial charge on any atom is -0.481 e. The quantitative estimate of drug-likeness (QED) is 0.891. The summed E-state index contributed by atoms with van der Waals surface area (Å²) in [4.78, 5) is 11.5. The summed E-state index contributed by atoms with van der Waals surface area (Å²) in [6.45, 7) is 3.39. The molecule has 0 aliphatic carbocycles. The maximum Gasteiger partial charge on any atom is 0.307 e. The van der Waals surface area contributed by atoms with Crippen LogP contribution >= 0.6 is 0 Å². The van der Waals surface area contributed by atoms with Crippen LogP contribution in [0.4, 0.5) is 0 Å². The average Bonchev–Trinajstić information content (AvgIpc) is 2.38. The van der Waals surface area contributed by atoms with Crippen molar-refractivity contribution in [3.8, 4) is 0 Å². The molecule has 3 nitrogen and oxygen atoms in total. The zero-order chi connectivity index (χ0) is 13.0. The lowest BCUT2D eigenvalue weighted by Gasteiger charge is -2.28. The number of hydrogen-bond acceptors (Lipinski definition) is 2. The van der Waals surface area contributed by atoms with E-state index in [1.807, 2.05) is 31.2 Å². The van der Waals surface area contributed by atoms with Gasteiger partial charge in [0.25, 0.3) is 0 Å². The van der Waals surface area contributed by atoms with E-state index in [1.54, 1.807) is 0 Å². The molecule has 0 spiro atoms. The van der Waals surface area contributed by atoms with Crippen LogP contribution in [0, 0.1) is 18.8 Å². The van der Waals surface area contributed by atoms with Crippen LogP contribution in [0.15, 0.2) is 24.3 Å². The van der Waals surface area contributed by atoms with Crippen LogP contribution in [0.2, 0.25) is 0 Å². The Labute approximate surface area is 108 Å². The first-order valence-electron chi connectivity index (χ1n) is 6.53. The van der Waals surface area contributed by atoms with Gasteiger partial charge in [0.2, 0.25) is 0 Å². The highest BCUT2D eigenvalue weighted by atomic mass is 16.5. The van der Waals surface area contributed by atoms with Crippen LogP contribution < -0.4 is 0 Å². The van der Waals surface area contributed by atoms with E-state index in [2.05, 4.69) is 0 Å². The van der Waals surface area contributed by atoms with Crippen LogP contribution in [0.25, 0.3) is 0 Å². The van der Waals surface area contributed by atoms with Crippen molar-refractivity contribution in [2.75, 3.05) is 13.2 Å². The molecule has 2 atom stereocenters. The van der Waals surface area contributed by atoms with Crippen molar-refractivity contribution in [3.63, 3.8) is 0 Å². The monoisotopic (exact) mass is 248 g/mol. The molecule has 18 heavy (non-hydrogen) atoms. The number of aryl methyl sites for hydroxylation is 1. The van der Waals surface area contributed by atoms with Crippen molar-refractivity contribution >= 4 is 5.97 Å². The number of hydrogen-bond donors (Lipinski definition) is 1. The molecule has 1 N–H and O–H groups in total. The molecule has 1 fully saturated rings. The molecule has 1 aliphatic heterocycles. The summed E-state index contributed by atoms with van der Waals surface area (Å²) in [7, 11) is 0. The summed E-state index contributed by atoms with van der Waals surface area (Å²) in [5, 5.41) is 9.42. The summed E-state index contributed by atoms with van der Waals surface area (Å²) in [6, 6.07) is 8.01. The van der Waals surface area contributed by atoms with Crippen molar-refractivity contribution in [1.82, 2.24) is 0 Å². The van der Waals surface area contributed by atoms with Crippen molar-refractivity contribution in [2.45, 2.75) is 26.2 Å². The van der Waals surface area contributed by atoms with Gasteiger partial charge >= 0.3 is 5.97 Å². The molecular weight excluding hydrogens is 228 g/mol. The minimum atomic E-state index is -0.700. The molecule has 1 saturated heterocycles. The lowest BCUT2D eigenvalue weighted by molar-refractivity contribution is -0.145. The number of aliphatic carboxylic acids is 1. The van der Waals surface area contributed by atoms with Gasteiger partial charge in [0, 0.05) is 6.61 Å². The van der Waals surface area contributed by atoms with Gasteiger partial charge in [0.1, 0.15) is 0 Å². The van der Waals surface area contributed by atoms with E-state index in [-0.39, 0.29) is 11.8 Å². The molecule has 0 aromatic heterocycles. The number of carboxylic acids is 1. The lowest BCUT2D eigenvalue weighted by Crippen LogP contribution is -2.32. The van der Waals surface area contributed by atoms with Gasteiger partial charge in [-0.2, -0.15) is 0 Å². The van der Waals surface area contributed by atoms with Crippen LogP contribution in [0.5, 0.6) is 0 Å². The second-order valence-corrected chi connectivity index (χ2v) is 5.05. The first-order valence-corrected chi connectivity index (χ1v) is 6.53. The van der Waals surface area contributed by atoms with Gasteiger partial charge in [-0.1, -0.05) is 24.3 Å². The van der Waals surface area contributed by atoms with E-state index >= 15 is 0 Å². The smallest absolute Gasteiger partial charge is 0.307 e. The lowest BCUT2D eigenvalue weighted by atomic mass is 9.82. The van der Waals surface area contributed by atoms with Gasteiger partial charge in [0.15, 0.2) is 0 Å². The Morgan fingerprint density at radius 3 is 2.89 bits per heavy atom. The van der Waals surface area contributed by atoms with E-state index in [4.69, 9.17) is 4.74 Å². The third-order valence-corrected chi connectivity index (χ3v) is 3.78. The molecule has 1 aromatic rings. The zero-order valence-electron chi connectivity index (χ0n) is 10.8. The molecule has 3 heteroatoms. The third-order valence-electron chi connectivity index (χ3n) is 3.78. The fourth-order valence-corrected chi connectivity index (χ4v) is 2.61. The van der Waals surface area contributed by atoms with Gasteiger partial charge in [0.05, 0.1) is 12.5 Å². The Morgan fingerprint density at radius 1 is 1.50 bits per heavy atom. The van der Waals surface area contributed by atoms with Crippen molar-refractivity contribution in [1.29, 1.82) is 0 Å². The SMILES string of the molecule is Cc1ccccc1CC(C(=O)O)C1CCCOC1. The molecule has 1 aromatic carbocycles. The Hall–Kier alpha value is -1.35. The van der Waals surface area contributed by atoms with E-state index in [0.29, 0.717) is 13.0 Å². The van der Waals surface area contributed by atoms with Crippen LogP contribution in [0.3, 0.4) is 0 Å². The minimum absolute atomic E-state index is 0.149. The highest BCUT2D eigenvalue weighted by molar-refractivity contribution is 5.71. The molecular formula is C15H20O3. The molecule has 0 amide bonds. The largest absolute Gasteiger partial charge is 0.481 e. The molecule has 2 unspecified atom stereocenters. The molecule has 0 radical (unpaired) electrons. The van der Waals surface area contributed by atoms with E-state index < -0.39 is 5.97 Å². The molecule has 2 rings (SSSR count). The summed E-state index contributed by atoms with van der Waals surface area (Å²) in [6.07, 6.45) is 2.54. The van der Waals surface area contributed by atoms with Gasteiger partial charge in [-0.15, -0.1) is 0 Å². The average molecular weight is 248 g/mol. The maximum absolute atomic E-state index is 11.5. The standard InChI is InChI=1S/C15H20O3/c1-11-5-2-3-6-12(11)9-14(15(16)17)13-7-4-8-18-10-13/h2-3,5-6,13-14H,4,7-10H2,1H3,(H,16,17). The highest BCUT2D eigenvalue weighted by Crippen LogP contribution is 2.26. The topological polar surface area (TPSA) is 46.5 Å². The maximum atomic E-state index is 11.5. The molecule has 1 heterocycles. The summed E-state index contributed by atoms with van der Waals surface area (Å²) in [5.41, 5.74) is 2.30. The Kier molecular flexibility index (Phi) is 4.37. The predicted molar refractivity (Wildman–Crippen MR) is 69.6 cm³/mol. The second-order valence-electron chi connectivity index (χ2n) is 5.05. The van der Waals surface area contributed by atoms with Gasteiger partial charge in [-0.25, -0.2) is 0 Å². The molecule has 0 bridgehead atoms. The zero-order valence-corrected chi connectivity index (χ0v) is 10.8. The van der Waals surface area contributed by atoms with Crippen LogP contribution in [-0.4, -0.2) is 24.3 Å². The summed E-state index contributed by atoms with van der Waals surface area (Å²) >= 11 is 0. The number of rotatable bonds is 4. The second kappa shape index (κ2) is 6.01. The fourth-order valence-electron chi connectivity index (χ4n) is 2.61. The first-order chi connectivity index (χ1) is 8.68. The Bertz CT molecular complexity index is 408. The number of ether oxygens (including phenoxy) is 1. The number of carbonyl (C=O) groups is 1. The summed E-state index contributed by atoms with van der Waals surface area (Å²) < 4.78 is 5.42. The summed E-state index contributed by atoms with van der Waals surface area (Å²) in [5.74, 6) is -0.879. The number of carboxylic acid groups (broad SMARTS) is 1. The van der Waals surface area contributed by atoms with E-state index in [1.165, 1.54) is 5.56 Å². The molecule has 98 valence electrons. The van der Waals surface area contributed by atoms with E-state index in [9.17, 15) is 9.90 Å². The third kappa shape index (κ3) is 3.10. The van der Waals surface area contributed by atoms with Crippen LogP contribution in [0.1, 0.15) is 24.0 Å². The number of benzene rings is 1. The fraction of sp³-hybridized carbons (Fsp3) is 0.533. The first kappa shape index (κ1) is 13.1. The van der Waals surface area contributed by atoms with Crippen LogP contribution in [-0.2, 0) is 16.0 Å². The van der Waals surface area contributed by atoms with Crippen molar-refractivity contribution < 1.29 is 14.6 Å². The molecule has 0 saturated carbocycles. The predicted octanol–water partition coefficient (Wildman–Crippen LogP) is 2.66. The van der Waals surface area contributed by atoms with Crippen molar-refractivity contribution in [3.05, 3.63) is 35.4 Å². The Balaban J connectivity index is 2.11. The van der Waals surface area contributed by atoms with Gasteiger partial charge in [-0.3, -0.25) is 4.79 Å². The van der Waals surface area contributed by atoms with Gasteiger partial charge < -0.3 is 9.84 Å². The Morgan fingerprint density at radius 2 is 2.28 bits per heavy atom. The van der Waals surface area contributed by atoms with E-state index in [0.717, 1.165) is 25.0 Å².